The number of benzene rings is 1. The fourth-order valence-electron chi connectivity index (χ4n) is 1.75. The van der Waals surface area contributed by atoms with Gasteiger partial charge < -0.3 is 9.67 Å². The lowest BCUT2D eigenvalue weighted by atomic mass is 10.3. The van der Waals surface area contributed by atoms with Crippen molar-refractivity contribution in [3.05, 3.63) is 34.4 Å². The fraction of sp³-hybridized carbons (Fsp3) is 0.231. The Bertz CT molecular complexity index is 624. The van der Waals surface area contributed by atoms with Crippen molar-refractivity contribution in [1.82, 2.24) is 9.55 Å². The van der Waals surface area contributed by atoms with Gasteiger partial charge in [-0.3, -0.25) is 4.79 Å². The van der Waals surface area contributed by atoms with Crippen LogP contribution in [0, 0.1) is 3.57 Å². The van der Waals surface area contributed by atoms with Gasteiger partial charge in [-0.15, -0.1) is 6.58 Å². The maximum absolute atomic E-state index is 10.7. The lowest BCUT2D eigenvalue weighted by Crippen LogP contribution is -2.03. The van der Waals surface area contributed by atoms with Gasteiger partial charge in [-0.25, -0.2) is 4.98 Å². The molecule has 0 saturated carbocycles. The van der Waals surface area contributed by atoms with E-state index in [-0.39, 0.29) is 5.75 Å². The molecule has 1 heterocycles. The quantitative estimate of drug-likeness (QED) is 0.468. The standard InChI is InChI=1S/C13H13IN2O2S/c1-2-3-6-16-11-5-4-9(14)7-10(11)15-13(16)19-8-12(17)18/h2,4-5,7H,1,3,6,8H2,(H,17,18). The first-order chi connectivity index (χ1) is 9.11. The Morgan fingerprint density at radius 2 is 2.37 bits per heavy atom. The largest absolute Gasteiger partial charge is 0.481 e. The Morgan fingerprint density at radius 3 is 3.05 bits per heavy atom. The van der Waals surface area contributed by atoms with Crippen LogP contribution in [0.2, 0.25) is 0 Å². The summed E-state index contributed by atoms with van der Waals surface area (Å²) >= 11 is 3.50. The molecule has 2 aromatic rings. The molecule has 0 radical (unpaired) electrons. The molecule has 0 aliphatic carbocycles. The van der Waals surface area contributed by atoms with E-state index in [0.29, 0.717) is 0 Å². The van der Waals surface area contributed by atoms with Gasteiger partial charge in [-0.2, -0.15) is 0 Å². The number of carboxylic acid groups (broad SMARTS) is 1. The maximum Gasteiger partial charge on any atom is 0.313 e. The fourth-order valence-corrected chi connectivity index (χ4v) is 2.99. The number of carbonyl (C=O) groups is 1. The van der Waals surface area contributed by atoms with Gasteiger partial charge in [0.1, 0.15) is 0 Å². The van der Waals surface area contributed by atoms with Gasteiger partial charge in [0.15, 0.2) is 5.16 Å². The second kappa shape index (κ2) is 6.42. The van der Waals surface area contributed by atoms with Gasteiger partial charge in [0.05, 0.1) is 16.8 Å². The molecule has 1 aromatic carbocycles. The zero-order chi connectivity index (χ0) is 13.8. The molecule has 100 valence electrons. The summed E-state index contributed by atoms with van der Waals surface area (Å²) in [7, 11) is 0. The van der Waals surface area contributed by atoms with Crippen molar-refractivity contribution in [3.63, 3.8) is 0 Å². The number of rotatable bonds is 6. The van der Waals surface area contributed by atoms with Crippen LogP contribution in [-0.4, -0.2) is 26.4 Å². The average Bonchev–Trinajstić information content (AvgIpc) is 2.70. The molecule has 6 heteroatoms. The molecule has 0 amide bonds. The molecule has 19 heavy (non-hydrogen) atoms. The van der Waals surface area contributed by atoms with E-state index in [1.807, 2.05) is 24.3 Å². The van der Waals surface area contributed by atoms with Gasteiger partial charge in [-0.05, 0) is 47.2 Å². The Morgan fingerprint density at radius 1 is 1.58 bits per heavy atom. The van der Waals surface area contributed by atoms with Crippen LogP contribution in [0.4, 0.5) is 0 Å². The third kappa shape index (κ3) is 3.50. The van der Waals surface area contributed by atoms with E-state index >= 15 is 0 Å². The minimum absolute atomic E-state index is 0.0223. The van der Waals surface area contributed by atoms with E-state index in [0.717, 1.165) is 32.7 Å². The van der Waals surface area contributed by atoms with Crippen LogP contribution in [0.5, 0.6) is 0 Å². The SMILES string of the molecule is C=CCCn1c(SCC(=O)O)nc2cc(I)ccc21. The van der Waals surface area contributed by atoms with Crippen LogP contribution in [0.25, 0.3) is 11.0 Å². The van der Waals surface area contributed by atoms with Crippen LogP contribution in [0.1, 0.15) is 6.42 Å². The number of imidazole rings is 1. The number of halogens is 1. The van der Waals surface area contributed by atoms with Crippen molar-refractivity contribution in [2.75, 3.05) is 5.75 Å². The highest BCUT2D eigenvalue weighted by Crippen LogP contribution is 2.25. The number of aryl methyl sites for hydroxylation is 1. The third-order valence-electron chi connectivity index (χ3n) is 2.56. The van der Waals surface area contributed by atoms with Gasteiger partial charge in [0.25, 0.3) is 0 Å². The number of aliphatic carboxylic acids is 1. The minimum atomic E-state index is -0.832. The van der Waals surface area contributed by atoms with Crippen LogP contribution < -0.4 is 0 Å². The molecule has 0 aliphatic heterocycles. The molecule has 0 saturated heterocycles. The highest BCUT2D eigenvalue weighted by atomic mass is 127. The molecule has 2 rings (SSSR count). The summed E-state index contributed by atoms with van der Waals surface area (Å²) in [5, 5.41) is 9.54. The van der Waals surface area contributed by atoms with Gasteiger partial charge in [0.2, 0.25) is 0 Å². The predicted molar refractivity (Wildman–Crippen MR) is 85.6 cm³/mol. The summed E-state index contributed by atoms with van der Waals surface area (Å²) in [6.45, 7) is 4.49. The number of aromatic nitrogens is 2. The van der Waals surface area contributed by atoms with Gasteiger partial charge in [0, 0.05) is 10.1 Å². The molecule has 0 unspecified atom stereocenters. The van der Waals surface area contributed by atoms with E-state index in [1.165, 1.54) is 11.8 Å². The molecule has 0 aliphatic rings. The van der Waals surface area contributed by atoms with Gasteiger partial charge in [-0.1, -0.05) is 17.8 Å². The Hall–Kier alpha value is -1.02. The van der Waals surface area contributed by atoms with E-state index < -0.39 is 5.97 Å². The predicted octanol–water partition coefficient (Wildman–Crippen LogP) is 3.39. The second-order valence-corrected chi connectivity index (χ2v) is 6.13. The van der Waals surface area contributed by atoms with Crippen molar-refractivity contribution >= 4 is 51.4 Å². The van der Waals surface area contributed by atoms with Gasteiger partial charge >= 0.3 is 5.97 Å². The van der Waals surface area contributed by atoms with Crippen LogP contribution in [-0.2, 0) is 11.3 Å². The van der Waals surface area contributed by atoms with Crippen LogP contribution in [0.3, 0.4) is 0 Å². The number of thioether (sulfide) groups is 1. The Labute approximate surface area is 129 Å². The highest BCUT2D eigenvalue weighted by Gasteiger charge is 2.12. The first-order valence-electron chi connectivity index (χ1n) is 5.73. The highest BCUT2D eigenvalue weighted by molar-refractivity contribution is 14.1. The smallest absolute Gasteiger partial charge is 0.313 e. The number of hydrogen-bond donors (Lipinski definition) is 1. The number of fused-ring (bicyclic) bond motifs is 1. The number of carboxylic acids is 1. The molecule has 0 bridgehead atoms. The Kier molecular flexibility index (Phi) is 4.87. The summed E-state index contributed by atoms with van der Waals surface area (Å²) in [5.74, 6) is -0.809. The van der Waals surface area contributed by atoms with Crippen molar-refractivity contribution in [1.29, 1.82) is 0 Å². The topological polar surface area (TPSA) is 55.1 Å². The summed E-state index contributed by atoms with van der Waals surface area (Å²) in [5.41, 5.74) is 1.94. The number of allylic oxidation sites excluding steroid dienone is 1. The lowest BCUT2D eigenvalue weighted by molar-refractivity contribution is -0.133. The lowest BCUT2D eigenvalue weighted by Gasteiger charge is -2.06. The van der Waals surface area contributed by atoms with E-state index in [9.17, 15) is 4.79 Å². The van der Waals surface area contributed by atoms with E-state index in [4.69, 9.17) is 5.11 Å². The first kappa shape index (κ1) is 14.4. The molecule has 0 spiro atoms. The molecule has 0 atom stereocenters. The molecule has 1 N–H and O–H groups in total. The summed E-state index contributed by atoms with van der Waals surface area (Å²) in [4.78, 5) is 15.2. The molecule has 4 nitrogen and oxygen atoms in total. The van der Waals surface area contributed by atoms with Crippen molar-refractivity contribution < 1.29 is 9.90 Å². The molecule has 0 fully saturated rings. The maximum atomic E-state index is 10.7. The zero-order valence-corrected chi connectivity index (χ0v) is 13.1. The van der Waals surface area contributed by atoms with Crippen LogP contribution in [0.15, 0.2) is 36.0 Å². The zero-order valence-electron chi connectivity index (χ0n) is 10.2. The van der Waals surface area contributed by atoms with Crippen molar-refractivity contribution in [3.8, 4) is 0 Å². The van der Waals surface area contributed by atoms with E-state index in [2.05, 4.69) is 38.7 Å². The van der Waals surface area contributed by atoms with E-state index in [1.54, 1.807) is 0 Å². The molecular weight excluding hydrogens is 375 g/mol. The monoisotopic (exact) mass is 388 g/mol. The average molecular weight is 388 g/mol. The number of hydrogen-bond acceptors (Lipinski definition) is 3. The summed E-state index contributed by atoms with van der Waals surface area (Å²) in [6, 6.07) is 6.06. The third-order valence-corrected chi connectivity index (χ3v) is 4.19. The normalized spacial score (nSPS) is 10.8. The number of nitrogens with zero attached hydrogens (tertiary/aromatic N) is 2. The summed E-state index contributed by atoms with van der Waals surface area (Å²) < 4.78 is 3.18. The van der Waals surface area contributed by atoms with Crippen LogP contribution >= 0.6 is 34.4 Å². The molecule has 1 aromatic heterocycles. The minimum Gasteiger partial charge on any atom is -0.481 e. The Balaban J connectivity index is 2.41. The van der Waals surface area contributed by atoms with Crippen molar-refractivity contribution in [2.24, 2.45) is 0 Å². The van der Waals surface area contributed by atoms with Crippen molar-refractivity contribution in [2.45, 2.75) is 18.1 Å². The first-order valence-corrected chi connectivity index (χ1v) is 7.79. The molecular formula is C13H13IN2O2S. The second-order valence-electron chi connectivity index (χ2n) is 3.94. The summed E-state index contributed by atoms with van der Waals surface area (Å²) in [6.07, 6.45) is 2.68.